The number of fused-ring (bicyclic) bond motifs is 1. The van der Waals surface area contributed by atoms with E-state index < -0.39 is 18.0 Å². The highest BCUT2D eigenvalue weighted by atomic mass is 35.5. The van der Waals surface area contributed by atoms with Crippen molar-refractivity contribution in [3.8, 4) is 10.6 Å². The smallest absolute Gasteiger partial charge is 0.339 e. The SMILES string of the molecule is CC(OC(=O)c1cc(-c2cccs2)nc2ccccc12)C(=O)Nc1cccc(Cl)c1. The second-order valence-electron chi connectivity index (χ2n) is 6.60. The molecule has 0 aliphatic heterocycles. The van der Waals surface area contributed by atoms with Gasteiger partial charge in [-0.15, -0.1) is 11.3 Å². The maximum absolute atomic E-state index is 13.0. The molecule has 5 nitrogen and oxygen atoms in total. The van der Waals surface area contributed by atoms with Gasteiger partial charge in [-0.1, -0.05) is 41.9 Å². The van der Waals surface area contributed by atoms with E-state index in [2.05, 4.69) is 10.3 Å². The fourth-order valence-corrected chi connectivity index (χ4v) is 3.86. The number of halogens is 1. The van der Waals surface area contributed by atoms with Crippen molar-refractivity contribution < 1.29 is 14.3 Å². The molecule has 1 amide bonds. The van der Waals surface area contributed by atoms with Crippen LogP contribution in [0.15, 0.2) is 72.1 Å². The zero-order chi connectivity index (χ0) is 21.1. The minimum Gasteiger partial charge on any atom is -0.449 e. The molecule has 0 saturated carbocycles. The number of hydrogen-bond acceptors (Lipinski definition) is 5. The number of amides is 1. The van der Waals surface area contributed by atoms with Crippen molar-refractivity contribution in [2.75, 3.05) is 5.32 Å². The molecule has 4 aromatic rings. The summed E-state index contributed by atoms with van der Waals surface area (Å²) < 4.78 is 5.47. The maximum atomic E-state index is 13.0. The summed E-state index contributed by atoms with van der Waals surface area (Å²) in [5, 5.41) is 5.82. The van der Waals surface area contributed by atoms with Gasteiger partial charge in [0.1, 0.15) is 0 Å². The van der Waals surface area contributed by atoms with E-state index >= 15 is 0 Å². The highest BCUT2D eigenvalue weighted by Gasteiger charge is 2.22. The number of anilines is 1. The maximum Gasteiger partial charge on any atom is 0.339 e. The van der Waals surface area contributed by atoms with Gasteiger partial charge in [-0.3, -0.25) is 4.79 Å². The first-order valence-corrected chi connectivity index (χ1v) is 10.5. The fourth-order valence-electron chi connectivity index (χ4n) is 2.98. The van der Waals surface area contributed by atoms with Gasteiger partial charge in [0.15, 0.2) is 6.10 Å². The van der Waals surface area contributed by atoms with Crippen molar-refractivity contribution in [1.82, 2.24) is 4.98 Å². The van der Waals surface area contributed by atoms with Gasteiger partial charge < -0.3 is 10.1 Å². The van der Waals surface area contributed by atoms with Gasteiger partial charge in [0, 0.05) is 16.1 Å². The number of benzene rings is 2. The molecule has 2 heterocycles. The number of carbonyl (C=O) groups is 2. The van der Waals surface area contributed by atoms with E-state index in [1.165, 1.54) is 18.3 Å². The number of esters is 1. The Morgan fingerprint density at radius 2 is 1.90 bits per heavy atom. The van der Waals surface area contributed by atoms with Gasteiger partial charge in [-0.2, -0.15) is 0 Å². The average Bonchev–Trinajstić information content (AvgIpc) is 3.28. The second-order valence-corrected chi connectivity index (χ2v) is 7.98. The van der Waals surface area contributed by atoms with E-state index in [0.717, 1.165) is 4.88 Å². The zero-order valence-electron chi connectivity index (χ0n) is 16.0. The van der Waals surface area contributed by atoms with Crippen LogP contribution in [0.25, 0.3) is 21.5 Å². The number of thiophene rings is 1. The number of para-hydroxylation sites is 1. The molecule has 2 aromatic carbocycles. The summed E-state index contributed by atoms with van der Waals surface area (Å²) in [5.74, 6) is -1.03. The molecular formula is C23H17ClN2O3S. The van der Waals surface area contributed by atoms with E-state index in [1.807, 2.05) is 41.8 Å². The first kappa shape index (κ1) is 20.1. The second kappa shape index (κ2) is 8.65. The van der Waals surface area contributed by atoms with E-state index in [4.69, 9.17) is 16.3 Å². The lowest BCUT2D eigenvalue weighted by molar-refractivity contribution is -0.123. The Balaban J connectivity index is 1.58. The Hall–Kier alpha value is -3.22. The summed E-state index contributed by atoms with van der Waals surface area (Å²) in [5.41, 5.74) is 2.27. The highest BCUT2D eigenvalue weighted by molar-refractivity contribution is 7.13. The highest BCUT2D eigenvalue weighted by Crippen LogP contribution is 2.28. The molecule has 2 aromatic heterocycles. The van der Waals surface area contributed by atoms with Crippen LogP contribution in [0.4, 0.5) is 5.69 Å². The third kappa shape index (κ3) is 4.35. The molecule has 0 aliphatic rings. The molecule has 0 aliphatic carbocycles. The van der Waals surface area contributed by atoms with Crippen LogP contribution in [0.5, 0.6) is 0 Å². The lowest BCUT2D eigenvalue weighted by atomic mass is 10.1. The monoisotopic (exact) mass is 436 g/mol. The minimum absolute atomic E-state index is 0.367. The lowest BCUT2D eigenvalue weighted by Gasteiger charge is -2.15. The Morgan fingerprint density at radius 1 is 1.07 bits per heavy atom. The largest absolute Gasteiger partial charge is 0.449 e. The molecule has 0 spiro atoms. The molecule has 0 fully saturated rings. The third-order valence-corrected chi connectivity index (χ3v) is 5.58. The summed E-state index contributed by atoms with van der Waals surface area (Å²) in [7, 11) is 0. The predicted octanol–water partition coefficient (Wildman–Crippen LogP) is 5.80. The van der Waals surface area contributed by atoms with Crippen molar-refractivity contribution in [3.05, 3.63) is 82.7 Å². The number of rotatable bonds is 5. The number of nitrogens with zero attached hydrogens (tertiary/aromatic N) is 1. The molecular weight excluding hydrogens is 420 g/mol. The number of carbonyl (C=O) groups excluding carboxylic acids is 2. The molecule has 1 atom stereocenters. The van der Waals surface area contributed by atoms with E-state index in [1.54, 1.807) is 30.3 Å². The number of nitrogens with one attached hydrogen (secondary N) is 1. The van der Waals surface area contributed by atoms with Gasteiger partial charge in [0.25, 0.3) is 5.91 Å². The fraction of sp³-hybridized carbons (Fsp3) is 0.0870. The molecule has 0 radical (unpaired) electrons. The number of hydrogen-bond donors (Lipinski definition) is 1. The topological polar surface area (TPSA) is 68.3 Å². The molecule has 30 heavy (non-hydrogen) atoms. The van der Waals surface area contributed by atoms with Gasteiger partial charge in [0.05, 0.1) is 21.7 Å². The Labute approximate surface area is 182 Å². The van der Waals surface area contributed by atoms with Crippen molar-refractivity contribution in [2.45, 2.75) is 13.0 Å². The van der Waals surface area contributed by atoms with Crippen molar-refractivity contribution in [2.24, 2.45) is 0 Å². The average molecular weight is 437 g/mol. The van der Waals surface area contributed by atoms with E-state index in [9.17, 15) is 9.59 Å². The van der Waals surface area contributed by atoms with E-state index in [0.29, 0.717) is 32.9 Å². The normalized spacial score (nSPS) is 11.8. The van der Waals surface area contributed by atoms with E-state index in [-0.39, 0.29) is 0 Å². The number of ether oxygens (including phenoxy) is 1. The van der Waals surface area contributed by atoms with Crippen molar-refractivity contribution in [3.63, 3.8) is 0 Å². The van der Waals surface area contributed by atoms with Crippen LogP contribution in [0.1, 0.15) is 17.3 Å². The standard InChI is InChI=1S/C23H17ClN2O3S/c1-14(22(27)25-16-7-4-6-15(24)12-16)29-23(28)18-13-20(21-10-5-11-30-21)26-19-9-3-2-8-17(18)19/h2-14H,1H3,(H,25,27). The molecule has 0 bridgehead atoms. The van der Waals surface area contributed by atoms with Crippen molar-refractivity contribution >= 4 is 51.4 Å². The zero-order valence-corrected chi connectivity index (χ0v) is 17.5. The first-order chi connectivity index (χ1) is 14.5. The number of aromatic nitrogens is 1. The summed E-state index contributed by atoms with van der Waals surface area (Å²) >= 11 is 7.48. The first-order valence-electron chi connectivity index (χ1n) is 9.22. The van der Waals surface area contributed by atoms with Gasteiger partial charge in [-0.25, -0.2) is 9.78 Å². The molecule has 4 rings (SSSR count). The van der Waals surface area contributed by atoms with Crippen LogP contribution in [-0.2, 0) is 9.53 Å². The van der Waals surface area contributed by atoms with Crippen molar-refractivity contribution in [1.29, 1.82) is 0 Å². The van der Waals surface area contributed by atoms with Crippen LogP contribution < -0.4 is 5.32 Å². The van der Waals surface area contributed by atoms with Crippen LogP contribution in [0.2, 0.25) is 5.02 Å². The Bertz CT molecular complexity index is 1220. The lowest BCUT2D eigenvalue weighted by Crippen LogP contribution is -2.30. The quantitative estimate of drug-likeness (QED) is 0.401. The minimum atomic E-state index is -0.992. The number of pyridine rings is 1. The summed E-state index contributed by atoms with van der Waals surface area (Å²) in [4.78, 5) is 31.0. The summed E-state index contributed by atoms with van der Waals surface area (Å²) in [6.45, 7) is 1.53. The predicted molar refractivity (Wildman–Crippen MR) is 120 cm³/mol. The summed E-state index contributed by atoms with van der Waals surface area (Å²) in [6.07, 6.45) is -0.992. The van der Waals surface area contributed by atoms with Gasteiger partial charge in [-0.05, 0) is 48.7 Å². The van der Waals surface area contributed by atoms with Crippen LogP contribution in [0.3, 0.4) is 0 Å². The molecule has 1 N–H and O–H groups in total. The molecule has 0 saturated heterocycles. The Morgan fingerprint density at radius 3 is 2.67 bits per heavy atom. The third-order valence-electron chi connectivity index (χ3n) is 4.45. The Kier molecular flexibility index (Phi) is 5.79. The van der Waals surface area contributed by atoms with Crippen LogP contribution in [0, 0.1) is 0 Å². The molecule has 7 heteroatoms. The summed E-state index contributed by atoms with van der Waals surface area (Å²) in [6, 6.07) is 19.7. The molecule has 1 unspecified atom stereocenters. The van der Waals surface area contributed by atoms with Gasteiger partial charge >= 0.3 is 5.97 Å². The van der Waals surface area contributed by atoms with Gasteiger partial charge in [0.2, 0.25) is 0 Å². The van der Waals surface area contributed by atoms with Crippen LogP contribution in [-0.4, -0.2) is 23.0 Å². The van der Waals surface area contributed by atoms with Crippen LogP contribution >= 0.6 is 22.9 Å². The molecule has 150 valence electrons.